The van der Waals surface area contributed by atoms with Gasteiger partial charge in [-0.25, -0.2) is 4.79 Å². The van der Waals surface area contributed by atoms with E-state index >= 15 is 0 Å². The summed E-state index contributed by atoms with van der Waals surface area (Å²) in [6, 6.07) is 4.98. The third kappa shape index (κ3) is 4.19. The van der Waals surface area contributed by atoms with Gasteiger partial charge in [-0.3, -0.25) is 0 Å². The molecule has 6 unspecified atom stereocenters. The van der Waals surface area contributed by atoms with Crippen molar-refractivity contribution in [3.05, 3.63) is 23.8 Å². The second-order valence-corrected chi connectivity index (χ2v) is 11.8. The molecule has 3 aliphatic carbocycles. The summed E-state index contributed by atoms with van der Waals surface area (Å²) in [4.78, 5) is 12.8. The molecule has 0 aromatic heterocycles. The van der Waals surface area contributed by atoms with Crippen molar-refractivity contribution in [2.75, 3.05) is 18.1 Å². The van der Waals surface area contributed by atoms with Crippen molar-refractivity contribution in [1.29, 1.82) is 0 Å². The monoisotopic (exact) mass is 426 g/mol. The number of nitrogens with two attached hydrogens (primary N) is 2. The lowest BCUT2D eigenvalue weighted by molar-refractivity contribution is -0.136. The molecule has 6 atom stereocenters. The van der Waals surface area contributed by atoms with E-state index in [4.69, 9.17) is 16.2 Å². The molecule has 0 spiro atoms. The minimum atomic E-state index is -0.307. The number of rotatable bonds is 4. The van der Waals surface area contributed by atoms with Gasteiger partial charge in [-0.15, -0.1) is 0 Å². The number of hydrogen-bond donors (Lipinski definition) is 2. The van der Waals surface area contributed by atoms with Crippen LogP contribution in [0.1, 0.15) is 89.4 Å². The Labute approximate surface area is 188 Å². The van der Waals surface area contributed by atoms with Crippen LogP contribution in [0.2, 0.25) is 0 Å². The molecule has 0 heterocycles. The van der Waals surface area contributed by atoms with Gasteiger partial charge in [-0.2, -0.15) is 0 Å². The molecule has 4 N–H and O–H groups in total. The molecule has 0 saturated heterocycles. The molecule has 3 saturated carbocycles. The standard InChI is InChI=1S/C27H42N2O2/c1-17(2)18-6-8-23-19(12-18)7-9-24-26(3,10-5-11-27(23,24)4)16-31-25(30)20-13-21(28)15-22(29)14-20/h13-15,17-19,23-24H,5-12,16,28-29H2,1-4H3. The average Bonchev–Trinajstić information content (AvgIpc) is 2.71. The minimum absolute atomic E-state index is 0.0500. The van der Waals surface area contributed by atoms with Gasteiger partial charge in [0.15, 0.2) is 0 Å². The number of carbonyl (C=O) groups excluding carboxylic acids is 1. The van der Waals surface area contributed by atoms with Crippen molar-refractivity contribution in [3.63, 3.8) is 0 Å². The third-order valence-corrected chi connectivity index (χ3v) is 9.49. The zero-order valence-corrected chi connectivity index (χ0v) is 20.0. The number of anilines is 2. The van der Waals surface area contributed by atoms with Crippen LogP contribution in [-0.4, -0.2) is 12.6 Å². The van der Waals surface area contributed by atoms with Crippen LogP contribution in [0.25, 0.3) is 0 Å². The number of benzene rings is 1. The van der Waals surface area contributed by atoms with Gasteiger partial charge in [-0.1, -0.05) is 34.1 Å². The van der Waals surface area contributed by atoms with Crippen molar-refractivity contribution in [2.45, 2.75) is 79.1 Å². The number of hydrogen-bond acceptors (Lipinski definition) is 4. The Bertz CT molecular complexity index is 801. The topological polar surface area (TPSA) is 78.3 Å². The molecular formula is C27H42N2O2. The molecule has 3 aliphatic rings. The Morgan fingerprint density at radius 3 is 2.45 bits per heavy atom. The second-order valence-electron chi connectivity index (χ2n) is 11.8. The normalized spacial score (nSPS) is 37.7. The van der Waals surface area contributed by atoms with Crippen LogP contribution in [0.4, 0.5) is 11.4 Å². The third-order valence-electron chi connectivity index (χ3n) is 9.49. The fourth-order valence-corrected chi connectivity index (χ4v) is 7.89. The molecule has 4 nitrogen and oxygen atoms in total. The Morgan fingerprint density at radius 1 is 1.06 bits per heavy atom. The highest BCUT2D eigenvalue weighted by Gasteiger charge is 2.57. The largest absolute Gasteiger partial charge is 0.462 e. The summed E-state index contributed by atoms with van der Waals surface area (Å²) in [5.74, 6) is 3.77. The first-order valence-corrected chi connectivity index (χ1v) is 12.5. The first-order valence-electron chi connectivity index (χ1n) is 12.5. The molecule has 4 rings (SSSR count). The van der Waals surface area contributed by atoms with Crippen LogP contribution in [0.5, 0.6) is 0 Å². The molecule has 0 aliphatic heterocycles. The highest BCUT2D eigenvalue weighted by Crippen LogP contribution is 2.64. The van der Waals surface area contributed by atoms with E-state index < -0.39 is 0 Å². The van der Waals surface area contributed by atoms with Gasteiger partial charge < -0.3 is 16.2 Å². The quantitative estimate of drug-likeness (QED) is 0.437. The highest BCUT2D eigenvalue weighted by molar-refractivity contribution is 5.91. The first kappa shape index (κ1) is 22.5. The van der Waals surface area contributed by atoms with Gasteiger partial charge in [0.2, 0.25) is 0 Å². The number of fused-ring (bicyclic) bond motifs is 3. The fraction of sp³-hybridized carbons (Fsp3) is 0.741. The fourth-order valence-electron chi connectivity index (χ4n) is 7.89. The van der Waals surface area contributed by atoms with E-state index in [-0.39, 0.29) is 11.4 Å². The predicted molar refractivity (Wildman–Crippen MR) is 127 cm³/mol. The van der Waals surface area contributed by atoms with Crippen molar-refractivity contribution in [1.82, 2.24) is 0 Å². The molecular weight excluding hydrogens is 384 g/mol. The van der Waals surface area contributed by atoms with Crippen molar-refractivity contribution in [2.24, 2.45) is 40.4 Å². The Hall–Kier alpha value is -1.71. The predicted octanol–water partition coefficient (Wildman–Crippen LogP) is 6.30. The molecule has 1 aromatic rings. The van der Waals surface area contributed by atoms with Crippen molar-refractivity contribution in [3.8, 4) is 0 Å². The maximum absolute atomic E-state index is 12.8. The zero-order valence-electron chi connectivity index (χ0n) is 20.0. The smallest absolute Gasteiger partial charge is 0.338 e. The maximum atomic E-state index is 12.8. The van der Waals surface area contributed by atoms with E-state index in [1.807, 2.05) is 0 Å². The van der Waals surface area contributed by atoms with Gasteiger partial charge in [-0.05, 0) is 98.1 Å². The van der Waals surface area contributed by atoms with Crippen LogP contribution < -0.4 is 11.5 Å². The van der Waals surface area contributed by atoms with Crippen LogP contribution in [0.3, 0.4) is 0 Å². The summed E-state index contributed by atoms with van der Waals surface area (Å²) in [5, 5.41) is 0. The summed E-state index contributed by atoms with van der Waals surface area (Å²) in [6.45, 7) is 10.2. The number of esters is 1. The van der Waals surface area contributed by atoms with Gasteiger partial charge in [0, 0.05) is 16.8 Å². The summed E-state index contributed by atoms with van der Waals surface area (Å²) >= 11 is 0. The maximum Gasteiger partial charge on any atom is 0.338 e. The summed E-state index contributed by atoms with van der Waals surface area (Å²) < 4.78 is 5.91. The summed E-state index contributed by atoms with van der Waals surface area (Å²) in [7, 11) is 0. The SMILES string of the molecule is CC(C)C1CCC2C(CCC3C(C)(COC(=O)c4cc(N)cc(N)c4)CCCC23C)C1. The minimum Gasteiger partial charge on any atom is -0.462 e. The van der Waals surface area contributed by atoms with Crippen LogP contribution in [0, 0.1) is 40.4 Å². The van der Waals surface area contributed by atoms with Gasteiger partial charge in [0.05, 0.1) is 12.2 Å². The molecule has 0 amide bonds. The van der Waals surface area contributed by atoms with E-state index in [0.717, 1.165) is 30.1 Å². The second kappa shape index (κ2) is 8.33. The van der Waals surface area contributed by atoms with Gasteiger partial charge >= 0.3 is 5.97 Å². The summed E-state index contributed by atoms with van der Waals surface area (Å²) in [5.41, 5.74) is 13.6. The molecule has 172 valence electrons. The molecule has 3 fully saturated rings. The van der Waals surface area contributed by atoms with Gasteiger partial charge in [0.1, 0.15) is 0 Å². The number of carbonyl (C=O) groups is 1. The average molecular weight is 427 g/mol. The number of nitrogen functional groups attached to an aromatic ring is 2. The number of ether oxygens (including phenoxy) is 1. The van der Waals surface area contributed by atoms with E-state index in [2.05, 4.69) is 27.7 Å². The van der Waals surface area contributed by atoms with E-state index in [1.54, 1.807) is 18.2 Å². The van der Waals surface area contributed by atoms with E-state index in [1.165, 1.54) is 44.9 Å². The van der Waals surface area contributed by atoms with Crippen LogP contribution >= 0.6 is 0 Å². The molecule has 4 heteroatoms. The lowest BCUT2D eigenvalue weighted by Crippen LogP contribution is -2.55. The Kier molecular flexibility index (Phi) is 6.04. The van der Waals surface area contributed by atoms with Gasteiger partial charge in [0.25, 0.3) is 0 Å². The van der Waals surface area contributed by atoms with E-state index in [0.29, 0.717) is 34.9 Å². The highest BCUT2D eigenvalue weighted by atomic mass is 16.5. The van der Waals surface area contributed by atoms with E-state index in [9.17, 15) is 4.79 Å². The molecule has 0 bridgehead atoms. The van der Waals surface area contributed by atoms with Crippen LogP contribution in [-0.2, 0) is 4.74 Å². The lowest BCUT2D eigenvalue weighted by atomic mass is 9.44. The first-order chi connectivity index (χ1) is 14.6. The zero-order chi connectivity index (χ0) is 22.4. The Balaban J connectivity index is 1.48. The van der Waals surface area contributed by atoms with Crippen LogP contribution in [0.15, 0.2) is 18.2 Å². The Morgan fingerprint density at radius 2 is 1.77 bits per heavy atom. The molecule has 0 radical (unpaired) electrons. The lowest BCUT2D eigenvalue weighted by Gasteiger charge is -2.61. The molecule has 1 aromatic carbocycles. The summed E-state index contributed by atoms with van der Waals surface area (Å²) in [6.07, 6.45) is 10.6. The molecule has 31 heavy (non-hydrogen) atoms. The van der Waals surface area contributed by atoms with Crippen molar-refractivity contribution >= 4 is 17.3 Å². The van der Waals surface area contributed by atoms with Crippen molar-refractivity contribution < 1.29 is 9.53 Å².